The van der Waals surface area contributed by atoms with E-state index in [1.54, 1.807) is 72.9 Å². The molecule has 10 nitrogen and oxygen atoms in total. The number of methoxy groups -OCH3 is 1. The third kappa shape index (κ3) is 6.23. The van der Waals surface area contributed by atoms with Gasteiger partial charge in [-0.15, -0.1) is 0 Å². The van der Waals surface area contributed by atoms with Crippen LogP contribution in [0.5, 0.6) is 23.0 Å². The Hall–Kier alpha value is -5.97. The van der Waals surface area contributed by atoms with E-state index in [4.69, 9.17) is 19.9 Å². The van der Waals surface area contributed by atoms with E-state index in [1.807, 2.05) is 0 Å². The van der Waals surface area contributed by atoms with Gasteiger partial charge in [0.15, 0.2) is 11.5 Å². The molecule has 0 radical (unpaired) electrons. The number of nitrogens with two attached hydrogens (primary N) is 1. The zero-order valence-electron chi connectivity index (χ0n) is 24.0. The number of benzene rings is 4. The highest BCUT2D eigenvalue weighted by molar-refractivity contribution is 6.16. The normalized spacial score (nSPS) is 13.0. The molecule has 0 aliphatic heterocycles. The van der Waals surface area contributed by atoms with Crippen LogP contribution in [0.15, 0.2) is 97.2 Å². The largest absolute Gasteiger partial charge is 0.493 e. The Balaban J connectivity index is 1.16. The Bertz CT molecular complexity index is 1910. The van der Waals surface area contributed by atoms with Gasteiger partial charge in [-0.25, -0.2) is 9.18 Å². The van der Waals surface area contributed by atoms with Crippen LogP contribution >= 0.6 is 0 Å². The highest BCUT2D eigenvalue weighted by Crippen LogP contribution is 2.47. The molecule has 1 aliphatic rings. The molecule has 0 saturated heterocycles. The summed E-state index contributed by atoms with van der Waals surface area (Å²) in [5.41, 5.74) is 6.82. The summed E-state index contributed by atoms with van der Waals surface area (Å²) in [6, 6.07) is 23.3. The van der Waals surface area contributed by atoms with Crippen LogP contribution in [-0.2, 0) is 9.59 Å². The fourth-order valence-corrected chi connectivity index (χ4v) is 4.68. The quantitative estimate of drug-likeness (QED) is 0.0765. The molecule has 1 saturated carbocycles. The zero-order chi connectivity index (χ0) is 31.6. The number of rotatable bonds is 9. The molecule has 6 rings (SSSR count). The molecule has 1 heterocycles. The molecule has 0 unspecified atom stereocenters. The van der Waals surface area contributed by atoms with Crippen molar-refractivity contribution in [2.75, 3.05) is 23.5 Å². The predicted molar refractivity (Wildman–Crippen MR) is 166 cm³/mol. The Morgan fingerprint density at radius 1 is 0.800 bits per heavy atom. The number of fused-ring (bicyclic) bond motifs is 1. The first-order chi connectivity index (χ1) is 21.7. The lowest BCUT2D eigenvalue weighted by molar-refractivity contribution is -0.131. The van der Waals surface area contributed by atoms with E-state index < -0.39 is 29.0 Å². The molecule has 1 fully saturated rings. The van der Waals surface area contributed by atoms with Crippen molar-refractivity contribution in [2.24, 2.45) is 5.41 Å². The second-order valence-corrected chi connectivity index (χ2v) is 10.5. The lowest BCUT2D eigenvalue weighted by atomic mass is 10.0. The second-order valence-electron chi connectivity index (χ2n) is 10.5. The van der Waals surface area contributed by atoms with E-state index in [1.165, 1.54) is 31.4 Å². The number of hydrogen-bond donors (Lipinski definition) is 3. The third-order valence-electron chi connectivity index (χ3n) is 7.40. The molecule has 1 aromatic heterocycles. The summed E-state index contributed by atoms with van der Waals surface area (Å²) < 4.78 is 30.4. The first-order valence-corrected chi connectivity index (χ1v) is 13.9. The van der Waals surface area contributed by atoms with E-state index in [-0.39, 0.29) is 5.75 Å². The zero-order valence-corrected chi connectivity index (χ0v) is 24.0. The highest BCUT2D eigenvalue weighted by atomic mass is 19.1. The minimum Gasteiger partial charge on any atom is -0.493 e. The smallest absolute Gasteiger partial charge is 0.343 e. The maximum Gasteiger partial charge on any atom is 0.343 e. The minimum atomic E-state index is -1.18. The van der Waals surface area contributed by atoms with Crippen molar-refractivity contribution < 1.29 is 33.0 Å². The van der Waals surface area contributed by atoms with Crippen LogP contribution in [0.25, 0.3) is 10.9 Å². The van der Waals surface area contributed by atoms with Gasteiger partial charge in [-0.1, -0.05) is 0 Å². The number of amides is 2. The maximum absolute atomic E-state index is 13.2. The van der Waals surface area contributed by atoms with Crippen LogP contribution in [0, 0.1) is 11.2 Å². The number of ether oxygens (including phenoxy) is 3. The number of anilines is 3. The molecular weight excluding hydrogens is 579 g/mol. The van der Waals surface area contributed by atoms with Gasteiger partial charge in [-0.2, -0.15) is 0 Å². The number of hydrogen-bond acceptors (Lipinski definition) is 8. The van der Waals surface area contributed by atoms with Crippen molar-refractivity contribution in [3.8, 4) is 23.0 Å². The van der Waals surface area contributed by atoms with E-state index >= 15 is 0 Å². The van der Waals surface area contributed by atoms with Crippen molar-refractivity contribution >= 4 is 45.7 Å². The Morgan fingerprint density at radius 3 is 2.02 bits per heavy atom. The van der Waals surface area contributed by atoms with Gasteiger partial charge >= 0.3 is 5.97 Å². The molecule has 4 aromatic carbocycles. The number of carbonyl (C=O) groups is 3. The fourth-order valence-electron chi connectivity index (χ4n) is 4.68. The first kappa shape index (κ1) is 29.1. The van der Waals surface area contributed by atoms with Gasteiger partial charge in [0, 0.05) is 34.7 Å². The monoisotopic (exact) mass is 606 g/mol. The molecule has 11 heteroatoms. The molecule has 4 N–H and O–H groups in total. The Labute approximate surface area is 256 Å². The van der Waals surface area contributed by atoms with Crippen LogP contribution in [0.4, 0.5) is 21.5 Å². The van der Waals surface area contributed by atoms with Gasteiger partial charge < -0.3 is 30.6 Å². The fraction of sp³-hybridized carbons (Fsp3) is 0.118. The molecule has 226 valence electrons. The van der Waals surface area contributed by atoms with Crippen LogP contribution < -0.4 is 30.6 Å². The van der Waals surface area contributed by atoms with Crippen LogP contribution in [-0.4, -0.2) is 29.9 Å². The number of nitrogens with zero attached hydrogens (tertiary/aromatic N) is 1. The summed E-state index contributed by atoms with van der Waals surface area (Å²) in [5.74, 6) is -0.464. The summed E-state index contributed by atoms with van der Waals surface area (Å²) in [5, 5.41) is 6.06. The number of aromatic nitrogens is 1. The topological polar surface area (TPSA) is 142 Å². The molecule has 45 heavy (non-hydrogen) atoms. The Kier molecular flexibility index (Phi) is 7.74. The van der Waals surface area contributed by atoms with E-state index in [9.17, 15) is 18.8 Å². The summed E-state index contributed by atoms with van der Waals surface area (Å²) in [6.45, 7) is 0. The molecule has 1 aliphatic carbocycles. The van der Waals surface area contributed by atoms with Crippen molar-refractivity contribution in [2.45, 2.75) is 12.8 Å². The van der Waals surface area contributed by atoms with Gasteiger partial charge in [0.05, 0.1) is 18.2 Å². The average Bonchev–Trinajstić information content (AvgIpc) is 3.86. The molecule has 0 atom stereocenters. The van der Waals surface area contributed by atoms with Crippen LogP contribution in [0.1, 0.15) is 23.2 Å². The highest BCUT2D eigenvalue weighted by Gasteiger charge is 2.56. The first-order valence-electron chi connectivity index (χ1n) is 13.9. The van der Waals surface area contributed by atoms with Gasteiger partial charge in [0.2, 0.25) is 11.8 Å². The van der Waals surface area contributed by atoms with E-state index in [0.717, 1.165) is 0 Å². The summed E-state index contributed by atoms with van der Waals surface area (Å²) >= 11 is 0. The van der Waals surface area contributed by atoms with Crippen molar-refractivity contribution in [3.05, 3.63) is 109 Å². The molecular formula is C34H27FN4O6. The summed E-state index contributed by atoms with van der Waals surface area (Å²) in [4.78, 5) is 43.1. The molecule has 2 amide bonds. The number of pyridine rings is 1. The summed E-state index contributed by atoms with van der Waals surface area (Å²) in [6.07, 6.45) is 2.40. The average molecular weight is 607 g/mol. The van der Waals surface area contributed by atoms with Gasteiger partial charge in [0.1, 0.15) is 22.7 Å². The van der Waals surface area contributed by atoms with Crippen molar-refractivity contribution in [3.63, 3.8) is 0 Å². The van der Waals surface area contributed by atoms with Gasteiger partial charge in [-0.3, -0.25) is 14.6 Å². The number of carbonyl (C=O) groups excluding carboxylic acids is 3. The van der Waals surface area contributed by atoms with Crippen molar-refractivity contribution in [1.82, 2.24) is 4.98 Å². The summed E-state index contributed by atoms with van der Waals surface area (Å²) in [7, 11) is 1.46. The number of esters is 1. The second kappa shape index (κ2) is 12.0. The number of nitrogens with one attached hydrogen (secondary N) is 2. The molecule has 5 aromatic rings. The minimum absolute atomic E-state index is 0.181. The van der Waals surface area contributed by atoms with E-state index in [0.29, 0.717) is 63.6 Å². The van der Waals surface area contributed by atoms with Crippen molar-refractivity contribution in [1.29, 1.82) is 0 Å². The van der Waals surface area contributed by atoms with E-state index in [2.05, 4.69) is 15.6 Å². The maximum atomic E-state index is 13.2. The lowest BCUT2D eigenvalue weighted by Crippen LogP contribution is -2.35. The molecule has 0 spiro atoms. The van der Waals surface area contributed by atoms with Crippen LogP contribution in [0.3, 0.4) is 0 Å². The standard InChI is InChI=1S/C34H27FN4O6/c1-43-29-19-27-26(18-30(29)45-31(40)20-2-6-22(36)7-3-20)28(14-17-37-27)44-25-12-10-24(11-13-25)39-33(42)34(15-16-34)32(41)38-23-8-4-21(35)5-9-23/h2-14,17-19H,15-16,36H2,1H3,(H,38,41)(H,39,42). The van der Waals surface area contributed by atoms with Gasteiger partial charge in [-0.05, 0) is 97.8 Å². The SMILES string of the molecule is COc1cc2nccc(Oc3ccc(NC(=O)C4(C(=O)Nc5ccc(F)cc5)CC4)cc3)c2cc1OC(=O)c1ccc(N)cc1. The van der Waals surface area contributed by atoms with Gasteiger partial charge in [0.25, 0.3) is 0 Å². The van der Waals surface area contributed by atoms with Crippen LogP contribution in [0.2, 0.25) is 0 Å². The molecule has 0 bridgehead atoms. The Morgan fingerprint density at radius 2 is 1.42 bits per heavy atom. The third-order valence-corrected chi connectivity index (χ3v) is 7.40. The number of halogens is 1. The lowest BCUT2D eigenvalue weighted by Gasteiger charge is -2.16. The number of nitrogen functional groups attached to an aromatic ring is 1. The predicted octanol–water partition coefficient (Wildman–Crippen LogP) is 6.33.